The fraction of sp³-hybridized carbons (Fsp3) is 0.119. The molecule has 2 fully saturated rings. The van der Waals surface area contributed by atoms with Crippen LogP contribution in [0.25, 0.3) is 66.4 Å². The summed E-state index contributed by atoms with van der Waals surface area (Å²) in [6.45, 7) is 0. The highest BCUT2D eigenvalue weighted by Gasteiger charge is 2.56. The number of benzene rings is 9. The van der Waals surface area contributed by atoms with Gasteiger partial charge < -0.3 is 4.90 Å². The maximum atomic E-state index is 2.51. The van der Waals surface area contributed by atoms with Gasteiger partial charge in [0.25, 0.3) is 0 Å². The lowest BCUT2D eigenvalue weighted by Crippen LogP contribution is -2.31. The normalized spacial score (nSPS) is 18.5. The van der Waals surface area contributed by atoms with Gasteiger partial charge in [-0.2, -0.15) is 0 Å². The standard InChI is InChI=1S/C59H45N/c1-2-15-43(16-3-1)49-18-6-7-19-50(49)51-20-8-9-21-52(51)54-23-11-13-25-58(54)60(47-32-29-42(30-33-47)45-28-27-41-14-4-5-17-44(41)37-45)48-34-35-57-55(38-48)53-22-10-12-24-56(53)59(57)39-40-26-31-46(59)36-40/h1-25,27-30,32-35,37-38,40,46H,26,31,36,39H2. The maximum Gasteiger partial charge on any atom is 0.0540 e. The molecular weight excluding hydrogens is 723 g/mol. The Bertz CT molecular complexity index is 3070. The average molecular weight is 768 g/mol. The van der Waals surface area contributed by atoms with Crippen molar-refractivity contribution in [2.75, 3.05) is 4.90 Å². The minimum atomic E-state index is 0.142. The van der Waals surface area contributed by atoms with Crippen molar-refractivity contribution in [3.8, 4) is 55.6 Å². The Morgan fingerprint density at radius 3 is 1.70 bits per heavy atom. The molecule has 2 saturated carbocycles. The largest absolute Gasteiger partial charge is 0.310 e. The fourth-order valence-corrected chi connectivity index (χ4v) is 11.6. The van der Waals surface area contributed by atoms with Crippen LogP contribution in [0.1, 0.15) is 36.8 Å². The summed E-state index contributed by atoms with van der Waals surface area (Å²) >= 11 is 0. The van der Waals surface area contributed by atoms with Crippen molar-refractivity contribution in [3.63, 3.8) is 0 Å². The summed E-state index contributed by atoms with van der Waals surface area (Å²) < 4.78 is 0. The van der Waals surface area contributed by atoms with Gasteiger partial charge in [-0.25, -0.2) is 0 Å². The Morgan fingerprint density at radius 2 is 0.950 bits per heavy atom. The summed E-state index contributed by atoms with van der Waals surface area (Å²) in [5, 5.41) is 2.52. The number of anilines is 3. The third kappa shape index (κ3) is 5.53. The van der Waals surface area contributed by atoms with Crippen LogP contribution in [-0.4, -0.2) is 0 Å². The molecule has 9 aromatic carbocycles. The Labute approximate surface area is 353 Å². The number of nitrogens with zero attached hydrogens (tertiary/aromatic N) is 1. The van der Waals surface area contributed by atoms with Crippen LogP contribution in [0.2, 0.25) is 0 Å². The third-order valence-electron chi connectivity index (χ3n) is 14.2. The second-order valence-electron chi connectivity index (χ2n) is 17.2. The van der Waals surface area contributed by atoms with Crippen molar-refractivity contribution < 1.29 is 0 Å². The highest BCUT2D eigenvalue weighted by molar-refractivity contribution is 5.98. The molecule has 60 heavy (non-hydrogen) atoms. The van der Waals surface area contributed by atoms with Gasteiger partial charge in [-0.3, -0.25) is 0 Å². The van der Waals surface area contributed by atoms with Gasteiger partial charge in [0, 0.05) is 22.4 Å². The van der Waals surface area contributed by atoms with E-state index in [-0.39, 0.29) is 5.41 Å². The Hall–Kier alpha value is -6.96. The second-order valence-corrected chi connectivity index (χ2v) is 17.2. The predicted molar refractivity (Wildman–Crippen MR) is 252 cm³/mol. The molecule has 12 rings (SSSR count). The zero-order chi connectivity index (χ0) is 39.6. The van der Waals surface area contributed by atoms with Crippen molar-refractivity contribution in [2.24, 2.45) is 11.8 Å². The molecule has 9 aromatic rings. The molecule has 0 radical (unpaired) electrons. The van der Waals surface area contributed by atoms with Crippen LogP contribution in [0.5, 0.6) is 0 Å². The lowest BCUT2D eigenvalue weighted by Gasteiger charge is -2.36. The fourth-order valence-electron chi connectivity index (χ4n) is 11.6. The Balaban J connectivity index is 1.04. The van der Waals surface area contributed by atoms with Gasteiger partial charge in [0.1, 0.15) is 0 Å². The van der Waals surface area contributed by atoms with Crippen molar-refractivity contribution in [3.05, 3.63) is 223 Å². The quantitative estimate of drug-likeness (QED) is 0.156. The lowest BCUT2D eigenvalue weighted by molar-refractivity contribution is 0.327. The molecule has 0 aromatic heterocycles. The average Bonchev–Trinajstić information content (AvgIpc) is 4.02. The van der Waals surface area contributed by atoms with E-state index in [4.69, 9.17) is 0 Å². The number of hydrogen-bond donors (Lipinski definition) is 0. The van der Waals surface area contributed by atoms with Crippen molar-refractivity contribution in [2.45, 2.75) is 31.1 Å². The van der Waals surface area contributed by atoms with Gasteiger partial charge in [-0.15, -0.1) is 0 Å². The van der Waals surface area contributed by atoms with Gasteiger partial charge in [0.05, 0.1) is 5.69 Å². The third-order valence-corrected chi connectivity index (χ3v) is 14.2. The predicted octanol–water partition coefficient (Wildman–Crippen LogP) is 16.1. The molecule has 1 nitrogen and oxygen atoms in total. The van der Waals surface area contributed by atoms with Crippen LogP contribution in [0.3, 0.4) is 0 Å². The Morgan fingerprint density at radius 1 is 0.367 bits per heavy atom. The molecule has 3 atom stereocenters. The summed E-state index contributed by atoms with van der Waals surface area (Å²) in [6.07, 6.45) is 5.38. The van der Waals surface area contributed by atoms with Crippen LogP contribution >= 0.6 is 0 Å². The zero-order valence-corrected chi connectivity index (χ0v) is 33.6. The van der Waals surface area contributed by atoms with E-state index in [1.165, 1.54) is 97.8 Å². The first kappa shape index (κ1) is 35.0. The number of fused-ring (bicyclic) bond motifs is 9. The number of para-hydroxylation sites is 1. The van der Waals surface area contributed by atoms with Crippen LogP contribution in [-0.2, 0) is 5.41 Å². The lowest BCUT2D eigenvalue weighted by atomic mass is 9.67. The van der Waals surface area contributed by atoms with Crippen molar-refractivity contribution >= 4 is 27.8 Å². The van der Waals surface area contributed by atoms with Crippen molar-refractivity contribution in [1.29, 1.82) is 0 Å². The number of rotatable bonds is 7. The van der Waals surface area contributed by atoms with E-state index in [0.717, 1.165) is 23.2 Å². The smallest absolute Gasteiger partial charge is 0.0540 e. The molecule has 3 aliphatic carbocycles. The van der Waals surface area contributed by atoms with Gasteiger partial charge in [0.2, 0.25) is 0 Å². The molecule has 286 valence electrons. The van der Waals surface area contributed by atoms with Gasteiger partial charge in [-0.1, -0.05) is 182 Å². The molecule has 0 aliphatic heterocycles. The summed E-state index contributed by atoms with van der Waals surface area (Å²) in [5.41, 5.74) is 19.3. The minimum Gasteiger partial charge on any atom is -0.310 e. The molecular formula is C59H45N. The highest BCUT2D eigenvalue weighted by Crippen LogP contribution is 2.66. The molecule has 3 unspecified atom stereocenters. The minimum absolute atomic E-state index is 0.142. The Kier molecular flexibility index (Phi) is 8.23. The van der Waals surface area contributed by atoms with E-state index >= 15 is 0 Å². The van der Waals surface area contributed by atoms with E-state index < -0.39 is 0 Å². The van der Waals surface area contributed by atoms with Crippen LogP contribution in [0.4, 0.5) is 17.1 Å². The summed E-state index contributed by atoms with van der Waals surface area (Å²) in [4.78, 5) is 2.51. The molecule has 0 saturated heterocycles. The topological polar surface area (TPSA) is 3.24 Å². The summed E-state index contributed by atoms with van der Waals surface area (Å²) in [5.74, 6) is 1.57. The number of hydrogen-bond acceptors (Lipinski definition) is 1. The molecule has 1 heteroatoms. The summed E-state index contributed by atoms with van der Waals surface area (Å²) in [7, 11) is 0. The van der Waals surface area contributed by atoms with Crippen LogP contribution in [0, 0.1) is 11.8 Å². The first-order chi connectivity index (χ1) is 29.7. The van der Waals surface area contributed by atoms with E-state index in [9.17, 15) is 0 Å². The van der Waals surface area contributed by atoms with E-state index in [1.54, 1.807) is 11.1 Å². The van der Waals surface area contributed by atoms with Crippen LogP contribution in [0.15, 0.2) is 212 Å². The first-order valence-corrected chi connectivity index (χ1v) is 21.7. The molecule has 3 aliphatic rings. The van der Waals surface area contributed by atoms with E-state index in [1.807, 2.05) is 0 Å². The second kappa shape index (κ2) is 14.1. The first-order valence-electron chi connectivity index (χ1n) is 21.7. The highest BCUT2D eigenvalue weighted by atomic mass is 15.1. The molecule has 0 amide bonds. The summed E-state index contributed by atoms with van der Waals surface area (Å²) in [6, 6.07) is 79.0. The maximum absolute atomic E-state index is 2.51. The van der Waals surface area contributed by atoms with Gasteiger partial charge in [0.15, 0.2) is 0 Å². The molecule has 0 N–H and O–H groups in total. The molecule has 2 bridgehead atoms. The SMILES string of the molecule is c1ccc(-c2ccccc2-c2ccccc2-c2ccccc2N(c2ccc(-c3ccc4ccccc4c3)cc2)c2ccc3c(c2)-c2ccccc2C32CC3CCC2C3)cc1. The molecule has 0 heterocycles. The zero-order valence-electron chi connectivity index (χ0n) is 33.6. The van der Waals surface area contributed by atoms with Gasteiger partial charge in [-0.05, 0) is 139 Å². The molecule has 1 spiro atoms. The van der Waals surface area contributed by atoms with Crippen LogP contribution < -0.4 is 4.90 Å². The van der Waals surface area contributed by atoms with Gasteiger partial charge >= 0.3 is 0 Å². The van der Waals surface area contributed by atoms with E-state index in [0.29, 0.717) is 0 Å². The van der Waals surface area contributed by atoms with Crippen molar-refractivity contribution in [1.82, 2.24) is 0 Å². The monoisotopic (exact) mass is 767 g/mol. The van der Waals surface area contributed by atoms with E-state index in [2.05, 4.69) is 217 Å².